The molecule has 0 saturated heterocycles. The quantitative estimate of drug-likeness (QED) is 0.437. The van der Waals surface area contributed by atoms with E-state index in [4.69, 9.17) is 45.0 Å². The van der Waals surface area contributed by atoms with Crippen molar-refractivity contribution >= 4 is 34.8 Å². The van der Waals surface area contributed by atoms with Gasteiger partial charge in [-0.3, -0.25) is 0 Å². The maximum absolute atomic E-state index is 8.90. The molecule has 12 heavy (non-hydrogen) atoms. The van der Waals surface area contributed by atoms with Crippen molar-refractivity contribution in [3.05, 3.63) is 0 Å². The third kappa shape index (κ3) is 4.15. The highest BCUT2D eigenvalue weighted by Crippen LogP contribution is 2.39. The Morgan fingerprint density at radius 2 is 1.58 bits per heavy atom. The van der Waals surface area contributed by atoms with E-state index in [2.05, 4.69) is 0 Å². The number of hydrogen-bond acceptors (Lipinski definition) is 2. The second-order valence-electron chi connectivity index (χ2n) is 2.75. The number of alkyl halides is 3. The molecule has 0 spiro atoms. The molecule has 0 rings (SSSR count). The van der Waals surface area contributed by atoms with Crippen LogP contribution in [-0.4, -0.2) is 19.8 Å². The number of hydrogen-bond donors (Lipinski definition) is 2. The van der Waals surface area contributed by atoms with Crippen molar-refractivity contribution in [1.82, 2.24) is 0 Å². The monoisotopic (exact) mass is 234 g/mol. The molecule has 0 aliphatic heterocycles. The van der Waals surface area contributed by atoms with Crippen LogP contribution in [0, 0.1) is 0 Å². The Balaban J connectivity index is 3.88. The molecule has 0 saturated carbocycles. The third-order valence-electron chi connectivity index (χ3n) is 1.56. The lowest BCUT2D eigenvalue weighted by atomic mass is 10.1. The first-order valence-electron chi connectivity index (χ1n) is 3.82. The van der Waals surface area contributed by atoms with Crippen LogP contribution < -0.4 is 0 Å². The maximum Gasteiger partial charge on any atom is 0.277 e. The molecule has 5 heteroatoms. The molecule has 0 aliphatic carbocycles. The fraction of sp³-hybridized carbons (Fsp3) is 1.00. The molecule has 0 heterocycles. The Morgan fingerprint density at radius 3 is 1.92 bits per heavy atom. The van der Waals surface area contributed by atoms with Gasteiger partial charge in [0.05, 0.1) is 0 Å². The second-order valence-corrected chi connectivity index (χ2v) is 4.76. The zero-order valence-corrected chi connectivity index (χ0v) is 9.12. The summed E-state index contributed by atoms with van der Waals surface area (Å²) in [5.41, 5.74) is 0. The van der Waals surface area contributed by atoms with Crippen molar-refractivity contribution in [3.63, 3.8) is 0 Å². The summed E-state index contributed by atoms with van der Waals surface area (Å²) in [4.78, 5) is 0. The Labute approximate surface area is 87.4 Å². The lowest BCUT2D eigenvalue weighted by molar-refractivity contribution is -0.0975. The summed E-state index contributed by atoms with van der Waals surface area (Å²) in [5, 5.41) is 15.3. The summed E-state index contributed by atoms with van der Waals surface area (Å²) in [6, 6.07) is 0. The molecule has 0 amide bonds. The van der Waals surface area contributed by atoms with Gasteiger partial charge in [-0.1, -0.05) is 61.0 Å². The van der Waals surface area contributed by atoms with Gasteiger partial charge in [-0.05, 0) is 6.42 Å². The molecule has 2 N–H and O–H groups in total. The van der Waals surface area contributed by atoms with Crippen molar-refractivity contribution in [1.29, 1.82) is 0 Å². The lowest BCUT2D eigenvalue weighted by Gasteiger charge is -2.28. The molecule has 74 valence electrons. The standard InChI is InChI=1S/C7H13Cl3O2/c1-2-3-4-5-6(8,9)7(10,11)12/h11-12H,2-5H2,1H3. The molecule has 0 aliphatic rings. The minimum absolute atomic E-state index is 0.264. The smallest absolute Gasteiger partial charge is 0.277 e. The molecule has 0 aromatic heterocycles. The first-order valence-corrected chi connectivity index (χ1v) is 4.96. The average Bonchev–Trinajstić information content (AvgIpc) is 1.85. The predicted octanol–water partition coefficient (Wildman–Crippen LogP) is 2.62. The predicted molar refractivity (Wildman–Crippen MR) is 51.6 cm³/mol. The Kier molecular flexibility index (Phi) is 5.19. The van der Waals surface area contributed by atoms with Gasteiger partial charge < -0.3 is 10.2 Å². The van der Waals surface area contributed by atoms with Crippen molar-refractivity contribution in [2.45, 2.75) is 42.2 Å². The highest BCUT2D eigenvalue weighted by molar-refractivity contribution is 6.52. The van der Waals surface area contributed by atoms with E-state index in [0.29, 0.717) is 0 Å². The van der Waals surface area contributed by atoms with E-state index in [9.17, 15) is 0 Å². The van der Waals surface area contributed by atoms with Gasteiger partial charge in [0.2, 0.25) is 0 Å². The van der Waals surface area contributed by atoms with Gasteiger partial charge in [-0.25, -0.2) is 0 Å². The van der Waals surface area contributed by atoms with Crippen LogP contribution in [0.5, 0.6) is 0 Å². The van der Waals surface area contributed by atoms with Gasteiger partial charge >= 0.3 is 0 Å². The van der Waals surface area contributed by atoms with Crippen LogP contribution in [0.3, 0.4) is 0 Å². The fourth-order valence-electron chi connectivity index (χ4n) is 0.756. The zero-order valence-electron chi connectivity index (χ0n) is 6.86. The van der Waals surface area contributed by atoms with E-state index in [-0.39, 0.29) is 6.42 Å². The van der Waals surface area contributed by atoms with Crippen LogP contribution in [0.1, 0.15) is 32.6 Å². The van der Waals surface area contributed by atoms with E-state index >= 15 is 0 Å². The highest BCUT2D eigenvalue weighted by Gasteiger charge is 2.45. The number of aliphatic hydroxyl groups is 2. The fourth-order valence-corrected chi connectivity index (χ4v) is 1.12. The van der Waals surface area contributed by atoms with Crippen LogP contribution in [0.25, 0.3) is 0 Å². The molecule has 0 fully saturated rings. The molecule has 0 radical (unpaired) electrons. The van der Waals surface area contributed by atoms with E-state index in [1.54, 1.807) is 0 Å². The summed E-state index contributed by atoms with van der Waals surface area (Å²) < 4.78 is -1.69. The molecule has 0 unspecified atom stereocenters. The molecule has 0 aromatic rings. The second kappa shape index (κ2) is 4.87. The maximum atomic E-state index is 8.90. The van der Waals surface area contributed by atoms with Crippen molar-refractivity contribution in [2.75, 3.05) is 0 Å². The molecule has 2 nitrogen and oxygen atoms in total. The van der Waals surface area contributed by atoms with Gasteiger partial charge in [0.15, 0.2) is 4.33 Å². The molecule has 0 aromatic carbocycles. The molecule has 0 atom stereocenters. The lowest BCUT2D eigenvalue weighted by Crippen LogP contribution is -2.40. The van der Waals surface area contributed by atoms with Gasteiger partial charge in [0.1, 0.15) is 0 Å². The minimum Gasteiger partial charge on any atom is -0.351 e. The average molecular weight is 236 g/mol. The van der Waals surface area contributed by atoms with Crippen LogP contribution >= 0.6 is 34.8 Å². The normalized spacial score (nSPS) is 13.5. The van der Waals surface area contributed by atoms with Crippen molar-refractivity contribution in [3.8, 4) is 0 Å². The molecular formula is C7H13Cl3O2. The van der Waals surface area contributed by atoms with E-state index in [1.165, 1.54) is 0 Å². The minimum atomic E-state index is -2.55. The number of unbranched alkanes of at least 4 members (excludes halogenated alkanes) is 2. The molecule has 0 bridgehead atoms. The number of halogens is 3. The van der Waals surface area contributed by atoms with E-state index in [1.807, 2.05) is 6.92 Å². The van der Waals surface area contributed by atoms with Crippen LogP contribution in [-0.2, 0) is 0 Å². The summed E-state index contributed by atoms with van der Waals surface area (Å²) in [6.45, 7) is 2.02. The van der Waals surface area contributed by atoms with Gasteiger partial charge in [0, 0.05) is 0 Å². The Morgan fingerprint density at radius 1 is 1.08 bits per heavy atom. The first-order chi connectivity index (χ1) is 5.31. The molecular weight excluding hydrogens is 222 g/mol. The summed E-state index contributed by atoms with van der Waals surface area (Å²) in [7, 11) is 0. The van der Waals surface area contributed by atoms with Crippen LogP contribution in [0.2, 0.25) is 0 Å². The summed E-state index contributed by atoms with van der Waals surface area (Å²) >= 11 is 16.3. The van der Waals surface area contributed by atoms with E-state index in [0.717, 1.165) is 19.3 Å². The largest absolute Gasteiger partial charge is 0.351 e. The third-order valence-corrected chi connectivity index (χ3v) is 2.98. The Hall–Kier alpha value is 0.790. The Bertz CT molecular complexity index is 131. The highest BCUT2D eigenvalue weighted by atomic mass is 35.5. The zero-order chi connectivity index (χ0) is 9.83. The van der Waals surface area contributed by atoms with Crippen LogP contribution in [0.4, 0.5) is 0 Å². The van der Waals surface area contributed by atoms with Crippen LogP contribution in [0.15, 0.2) is 0 Å². The van der Waals surface area contributed by atoms with Gasteiger partial charge in [0.25, 0.3) is 5.25 Å². The summed E-state index contributed by atoms with van der Waals surface area (Å²) in [5.74, 6) is 0. The number of rotatable bonds is 5. The van der Waals surface area contributed by atoms with Crippen molar-refractivity contribution in [2.24, 2.45) is 0 Å². The SMILES string of the molecule is CCCCCC(Cl)(Cl)C(O)(O)Cl. The van der Waals surface area contributed by atoms with E-state index < -0.39 is 9.58 Å². The van der Waals surface area contributed by atoms with Crippen molar-refractivity contribution < 1.29 is 10.2 Å². The topological polar surface area (TPSA) is 40.5 Å². The first kappa shape index (κ1) is 12.8. The van der Waals surface area contributed by atoms with Gasteiger partial charge in [-0.15, -0.1) is 0 Å². The van der Waals surface area contributed by atoms with Gasteiger partial charge in [-0.2, -0.15) is 0 Å². The summed E-state index contributed by atoms with van der Waals surface area (Å²) in [6.07, 6.45) is 2.93.